The summed E-state index contributed by atoms with van der Waals surface area (Å²) in [5.74, 6) is -2.76. The number of benzene rings is 1. The molecule has 2 aromatic heterocycles. The maximum Gasteiger partial charge on any atom is 0.490 e. The number of aliphatic hydroxyl groups is 1. The molecule has 26 heavy (non-hydrogen) atoms. The molecule has 5 nitrogen and oxygen atoms in total. The first-order valence-corrected chi connectivity index (χ1v) is 8.55. The molecule has 0 aliphatic rings. The predicted molar refractivity (Wildman–Crippen MR) is 95.6 cm³/mol. The lowest BCUT2D eigenvalue weighted by Gasteiger charge is -2.02. The number of carboxylic acids is 1. The van der Waals surface area contributed by atoms with Crippen LogP contribution in [0.4, 0.5) is 13.2 Å². The highest BCUT2D eigenvalue weighted by Gasteiger charge is 2.38. The van der Waals surface area contributed by atoms with E-state index in [4.69, 9.17) is 9.90 Å². The van der Waals surface area contributed by atoms with Gasteiger partial charge in [0.25, 0.3) is 0 Å². The summed E-state index contributed by atoms with van der Waals surface area (Å²) in [5.41, 5.74) is 3.42. The first-order valence-electron chi connectivity index (χ1n) is 6.97. The Morgan fingerprint density at radius 1 is 1.08 bits per heavy atom. The Kier molecular flexibility index (Phi) is 6.43. The predicted octanol–water partition coefficient (Wildman–Crippen LogP) is 4.65. The van der Waals surface area contributed by atoms with Crippen LogP contribution in [0.15, 0.2) is 51.5 Å². The Hall–Kier alpha value is -1.91. The minimum absolute atomic E-state index is 0.0526. The summed E-state index contributed by atoms with van der Waals surface area (Å²) < 4.78 is 35.6. The standard InChI is InChI=1S/C14H10Br2N2O.C2HF3O2/c15-10-3-1-9(2-4-10)14-12(8-19)18-7-11(16)5-6-13(18)17-14;3-2(4,5)1(6)7/h1-7,19H,8H2;(H,6,7). The molecule has 0 unspecified atom stereocenters. The van der Waals surface area contributed by atoms with Gasteiger partial charge in [-0.1, -0.05) is 28.1 Å². The van der Waals surface area contributed by atoms with Crippen molar-refractivity contribution in [1.82, 2.24) is 9.38 Å². The van der Waals surface area contributed by atoms with Gasteiger partial charge in [0.1, 0.15) is 5.65 Å². The number of pyridine rings is 1. The monoisotopic (exact) mass is 494 g/mol. The molecule has 0 atom stereocenters. The van der Waals surface area contributed by atoms with Crippen molar-refractivity contribution < 1.29 is 28.2 Å². The zero-order valence-electron chi connectivity index (χ0n) is 12.8. The van der Waals surface area contributed by atoms with Crippen molar-refractivity contribution in [3.63, 3.8) is 0 Å². The van der Waals surface area contributed by atoms with Crippen LogP contribution >= 0.6 is 31.9 Å². The molecule has 138 valence electrons. The molecular formula is C16H11Br2F3N2O3. The van der Waals surface area contributed by atoms with Crippen LogP contribution in [0.25, 0.3) is 16.9 Å². The van der Waals surface area contributed by atoms with E-state index in [-0.39, 0.29) is 6.61 Å². The van der Waals surface area contributed by atoms with Crippen molar-refractivity contribution in [2.45, 2.75) is 12.8 Å². The zero-order chi connectivity index (χ0) is 19.5. The van der Waals surface area contributed by atoms with E-state index < -0.39 is 12.1 Å². The van der Waals surface area contributed by atoms with Crippen LogP contribution in [0.2, 0.25) is 0 Å². The third-order valence-corrected chi connectivity index (χ3v) is 4.19. The quantitative estimate of drug-likeness (QED) is 0.542. The van der Waals surface area contributed by atoms with Gasteiger partial charge in [0.15, 0.2) is 0 Å². The lowest BCUT2D eigenvalue weighted by Crippen LogP contribution is -2.21. The first kappa shape index (κ1) is 20.4. The van der Waals surface area contributed by atoms with Gasteiger partial charge in [-0.15, -0.1) is 0 Å². The highest BCUT2D eigenvalue weighted by Crippen LogP contribution is 2.27. The second-order valence-electron chi connectivity index (χ2n) is 4.95. The molecule has 0 amide bonds. The van der Waals surface area contributed by atoms with Gasteiger partial charge in [-0.25, -0.2) is 9.78 Å². The van der Waals surface area contributed by atoms with Crippen LogP contribution in [-0.4, -0.2) is 31.7 Å². The van der Waals surface area contributed by atoms with Gasteiger partial charge in [-0.05, 0) is 40.2 Å². The summed E-state index contributed by atoms with van der Waals surface area (Å²) in [6.07, 6.45) is -3.17. The smallest absolute Gasteiger partial charge is 0.475 e. The number of rotatable bonds is 2. The average Bonchev–Trinajstić information content (AvgIpc) is 2.92. The van der Waals surface area contributed by atoms with Crippen molar-refractivity contribution in [2.24, 2.45) is 0 Å². The molecule has 2 N–H and O–H groups in total. The largest absolute Gasteiger partial charge is 0.490 e. The maximum absolute atomic E-state index is 10.6. The number of carbonyl (C=O) groups is 1. The second-order valence-corrected chi connectivity index (χ2v) is 6.78. The Morgan fingerprint density at radius 2 is 1.62 bits per heavy atom. The van der Waals surface area contributed by atoms with E-state index in [1.807, 2.05) is 47.0 Å². The third-order valence-electron chi connectivity index (χ3n) is 3.19. The van der Waals surface area contributed by atoms with E-state index in [1.165, 1.54) is 0 Å². The van der Waals surface area contributed by atoms with E-state index in [0.29, 0.717) is 0 Å². The van der Waals surface area contributed by atoms with E-state index in [0.717, 1.165) is 31.5 Å². The molecule has 0 bridgehead atoms. The molecule has 3 aromatic rings. The van der Waals surface area contributed by atoms with Crippen molar-refractivity contribution in [1.29, 1.82) is 0 Å². The minimum atomic E-state index is -5.08. The molecule has 0 radical (unpaired) electrons. The Bertz CT molecular complexity index is 925. The molecule has 0 aliphatic carbocycles. The number of carboxylic acid groups (broad SMARTS) is 1. The lowest BCUT2D eigenvalue weighted by atomic mass is 10.1. The fraction of sp³-hybridized carbons (Fsp3) is 0.125. The van der Waals surface area contributed by atoms with E-state index in [9.17, 15) is 18.3 Å². The Morgan fingerprint density at radius 3 is 2.12 bits per heavy atom. The number of imidazole rings is 1. The number of hydrogen-bond acceptors (Lipinski definition) is 3. The van der Waals surface area contributed by atoms with E-state index in [2.05, 4.69) is 36.8 Å². The summed E-state index contributed by atoms with van der Waals surface area (Å²) in [6, 6.07) is 11.8. The first-order chi connectivity index (χ1) is 12.1. The minimum Gasteiger partial charge on any atom is -0.475 e. The number of nitrogens with zero attached hydrogens (tertiary/aromatic N) is 2. The highest BCUT2D eigenvalue weighted by molar-refractivity contribution is 9.10. The van der Waals surface area contributed by atoms with Crippen LogP contribution in [-0.2, 0) is 11.4 Å². The number of aliphatic hydroxyl groups excluding tert-OH is 1. The topological polar surface area (TPSA) is 74.8 Å². The maximum atomic E-state index is 10.6. The van der Waals surface area contributed by atoms with Crippen LogP contribution in [0.3, 0.4) is 0 Å². The van der Waals surface area contributed by atoms with Crippen molar-refractivity contribution >= 4 is 43.5 Å². The molecular weight excluding hydrogens is 485 g/mol. The normalized spacial score (nSPS) is 11.2. The van der Waals surface area contributed by atoms with Crippen LogP contribution < -0.4 is 0 Å². The van der Waals surface area contributed by atoms with Gasteiger partial charge in [-0.3, -0.25) is 4.40 Å². The van der Waals surface area contributed by atoms with E-state index >= 15 is 0 Å². The third kappa shape index (κ3) is 4.83. The highest BCUT2D eigenvalue weighted by atomic mass is 79.9. The molecule has 0 fully saturated rings. The molecule has 3 rings (SSSR count). The van der Waals surface area contributed by atoms with Gasteiger partial charge >= 0.3 is 12.1 Å². The summed E-state index contributed by atoms with van der Waals surface area (Å²) in [4.78, 5) is 13.5. The van der Waals surface area contributed by atoms with Crippen LogP contribution in [0, 0.1) is 0 Å². The Labute approximate surface area is 162 Å². The van der Waals surface area contributed by atoms with E-state index in [1.54, 1.807) is 0 Å². The molecule has 0 aliphatic heterocycles. The van der Waals surface area contributed by atoms with Crippen LogP contribution in [0.5, 0.6) is 0 Å². The fourth-order valence-electron chi connectivity index (χ4n) is 2.06. The molecule has 10 heteroatoms. The van der Waals surface area contributed by atoms with Crippen molar-refractivity contribution in [3.8, 4) is 11.3 Å². The SMILES string of the molecule is O=C(O)C(F)(F)F.OCc1c(-c2ccc(Br)cc2)nc2ccc(Br)cn12. The molecule has 0 saturated carbocycles. The number of fused-ring (bicyclic) bond motifs is 1. The molecule has 1 aromatic carbocycles. The lowest BCUT2D eigenvalue weighted by molar-refractivity contribution is -0.192. The van der Waals surface area contributed by atoms with Gasteiger partial charge in [0, 0.05) is 20.7 Å². The van der Waals surface area contributed by atoms with Crippen molar-refractivity contribution in [2.75, 3.05) is 0 Å². The molecule has 0 saturated heterocycles. The van der Waals surface area contributed by atoms with Gasteiger partial charge in [-0.2, -0.15) is 13.2 Å². The average molecular weight is 496 g/mol. The summed E-state index contributed by atoms with van der Waals surface area (Å²) in [7, 11) is 0. The Balaban J connectivity index is 0.000000298. The second kappa shape index (κ2) is 8.19. The molecule has 2 heterocycles. The summed E-state index contributed by atoms with van der Waals surface area (Å²) in [6.45, 7) is -0.0526. The van der Waals surface area contributed by atoms with Gasteiger partial charge < -0.3 is 10.2 Å². The number of aliphatic carboxylic acids is 1. The van der Waals surface area contributed by atoms with Gasteiger partial charge in [0.05, 0.1) is 18.0 Å². The molecule has 0 spiro atoms. The zero-order valence-corrected chi connectivity index (χ0v) is 16.0. The fourth-order valence-corrected chi connectivity index (χ4v) is 2.66. The number of aromatic nitrogens is 2. The van der Waals surface area contributed by atoms with Crippen LogP contribution in [0.1, 0.15) is 5.69 Å². The number of halogens is 5. The summed E-state index contributed by atoms with van der Waals surface area (Å²) in [5, 5.41) is 16.8. The van der Waals surface area contributed by atoms with Crippen molar-refractivity contribution in [3.05, 3.63) is 57.2 Å². The summed E-state index contributed by atoms with van der Waals surface area (Å²) >= 11 is 6.85. The number of hydrogen-bond donors (Lipinski definition) is 2. The van der Waals surface area contributed by atoms with Gasteiger partial charge in [0.2, 0.25) is 0 Å². The number of alkyl halides is 3.